The summed E-state index contributed by atoms with van der Waals surface area (Å²) in [4.78, 5) is 16.5. The average molecular weight is 312 g/mol. The average Bonchev–Trinajstić information content (AvgIpc) is 2.87. The van der Waals surface area contributed by atoms with Crippen LogP contribution >= 0.6 is 11.6 Å². The molecule has 0 amide bonds. The van der Waals surface area contributed by atoms with Gasteiger partial charge in [-0.05, 0) is 26.2 Å². The fraction of sp³-hybridized carbons (Fsp3) is 0.333. The Labute approximate surface area is 125 Å². The van der Waals surface area contributed by atoms with Crippen LogP contribution in [-0.2, 0) is 0 Å². The Bertz CT molecular complexity index is 658. The number of nitrogens with two attached hydrogens (primary N) is 1. The van der Waals surface area contributed by atoms with Crippen molar-refractivity contribution >= 4 is 17.3 Å². The van der Waals surface area contributed by atoms with Crippen LogP contribution in [0.3, 0.4) is 0 Å². The molecule has 1 aromatic heterocycles. The molecule has 1 aromatic carbocycles. The molecule has 0 spiro atoms. The van der Waals surface area contributed by atoms with Crippen molar-refractivity contribution in [3.8, 4) is 11.5 Å². The number of likely N-dealkylation sites (N-methyl/N-ethyl adjacent to an activating group) is 1. The quantitative estimate of drug-likeness (QED) is 0.662. The smallest absolute Gasteiger partial charge is 0.283 e. The van der Waals surface area contributed by atoms with Gasteiger partial charge in [-0.2, -0.15) is 4.98 Å². The maximum atomic E-state index is 11.1. The van der Waals surface area contributed by atoms with Gasteiger partial charge in [-0.25, -0.2) is 0 Å². The van der Waals surface area contributed by atoms with Gasteiger partial charge in [0.1, 0.15) is 5.56 Å². The van der Waals surface area contributed by atoms with E-state index in [1.165, 1.54) is 18.2 Å². The summed E-state index contributed by atoms with van der Waals surface area (Å²) in [7, 11) is 3.73. The SMILES string of the molecule is CN(C)CC(N)c1noc(-c2ccc(Cl)cc2[N+](=O)[O-])n1. The molecule has 1 atom stereocenters. The second kappa shape index (κ2) is 6.17. The van der Waals surface area contributed by atoms with Crippen molar-refractivity contribution in [1.82, 2.24) is 15.0 Å². The molecule has 9 heteroatoms. The van der Waals surface area contributed by atoms with Crippen LogP contribution in [0, 0.1) is 10.1 Å². The van der Waals surface area contributed by atoms with Crippen LogP contribution in [0.5, 0.6) is 0 Å². The van der Waals surface area contributed by atoms with E-state index in [-0.39, 0.29) is 22.2 Å². The maximum Gasteiger partial charge on any atom is 0.283 e. The third-order valence-corrected chi connectivity index (χ3v) is 2.96. The molecular weight excluding hydrogens is 298 g/mol. The lowest BCUT2D eigenvalue weighted by atomic mass is 10.2. The molecule has 0 bridgehead atoms. The highest BCUT2D eigenvalue weighted by Gasteiger charge is 2.22. The Morgan fingerprint density at radius 1 is 1.52 bits per heavy atom. The van der Waals surface area contributed by atoms with E-state index in [1.807, 2.05) is 19.0 Å². The minimum atomic E-state index is -0.551. The number of nitro benzene ring substituents is 1. The third kappa shape index (κ3) is 3.54. The molecule has 0 aliphatic carbocycles. The van der Waals surface area contributed by atoms with Crippen molar-refractivity contribution in [2.24, 2.45) is 5.73 Å². The molecule has 0 fully saturated rings. The predicted octanol–water partition coefficient (Wildman–Crippen LogP) is 1.86. The van der Waals surface area contributed by atoms with Crippen molar-refractivity contribution in [2.75, 3.05) is 20.6 Å². The van der Waals surface area contributed by atoms with Gasteiger partial charge in [-0.1, -0.05) is 16.8 Å². The standard InChI is InChI=1S/C12H14ClN5O3/c1-17(2)6-9(14)11-15-12(21-16-11)8-4-3-7(13)5-10(8)18(19)20/h3-5,9H,6,14H2,1-2H3. The van der Waals surface area contributed by atoms with Crippen LogP contribution in [0.1, 0.15) is 11.9 Å². The minimum Gasteiger partial charge on any atom is -0.334 e. The maximum absolute atomic E-state index is 11.1. The lowest BCUT2D eigenvalue weighted by Gasteiger charge is -2.12. The number of nitro groups is 1. The van der Waals surface area contributed by atoms with E-state index >= 15 is 0 Å². The molecule has 21 heavy (non-hydrogen) atoms. The second-order valence-corrected chi connectivity index (χ2v) is 5.18. The summed E-state index contributed by atoms with van der Waals surface area (Å²) in [6, 6.07) is 3.78. The number of aromatic nitrogens is 2. The molecule has 1 heterocycles. The number of nitrogens with zero attached hydrogens (tertiary/aromatic N) is 4. The van der Waals surface area contributed by atoms with Crippen molar-refractivity contribution < 1.29 is 9.45 Å². The first-order valence-electron chi connectivity index (χ1n) is 6.06. The summed E-state index contributed by atoms with van der Waals surface area (Å²) in [6.45, 7) is 0.529. The number of halogens is 1. The molecule has 0 aliphatic heterocycles. The zero-order valence-corrected chi connectivity index (χ0v) is 12.2. The van der Waals surface area contributed by atoms with Crippen molar-refractivity contribution in [3.63, 3.8) is 0 Å². The highest BCUT2D eigenvalue weighted by Crippen LogP contribution is 2.31. The molecule has 0 aliphatic rings. The van der Waals surface area contributed by atoms with E-state index in [0.29, 0.717) is 12.4 Å². The summed E-state index contributed by atoms with van der Waals surface area (Å²) in [5.41, 5.74) is 5.94. The molecule has 2 N–H and O–H groups in total. The van der Waals surface area contributed by atoms with Crippen LogP contribution < -0.4 is 5.73 Å². The molecule has 2 rings (SSSR count). The predicted molar refractivity (Wildman–Crippen MR) is 76.9 cm³/mol. The Hall–Kier alpha value is -2.03. The lowest BCUT2D eigenvalue weighted by Crippen LogP contribution is -2.26. The van der Waals surface area contributed by atoms with Crippen LogP contribution in [0.15, 0.2) is 22.7 Å². The number of rotatable bonds is 5. The van der Waals surface area contributed by atoms with E-state index < -0.39 is 11.0 Å². The van der Waals surface area contributed by atoms with Gasteiger partial charge in [-0.15, -0.1) is 0 Å². The summed E-state index contributed by atoms with van der Waals surface area (Å²) in [6.07, 6.45) is 0. The van der Waals surface area contributed by atoms with Gasteiger partial charge in [0.15, 0.2) is 5.82 Å². The molecule has 0 radical (unpaired) electrons. The molecule has 8 nitrogen and oxygen atoms in total. The molecule has 0 saturated heterocycles. The Balaban J connectivity index is 2.36. The fourth-order valence-electron chi connectivity index (χ4n) is 1.81. The van der Waals surface area contributed by atoms with Gasteiger partial charge in [0, 0.05) is 17.6 Å². The first kappa shape index (κ1) is 15.4. The van der Waals surface area contributed by atoms with Gasteiger partial charge >= 0.3 is 0 Å². The van der Waals surface area contributed by atoms with E-state index in [9.17, 15) is 10.1 Å². The summed E-state index contributed by atoms with van der Waals surface area (Å²) < 4.78 is 5.08. The van der Waals surface area contributed by atoms with Crippen molar-refractivity contribution in [2.45, 2.75) is 6.04 Å². The van der Waals surface area contributed by atoms with E-state index in [2.05, 4.69) is 10.1 Å². The van der Waals surface area contributed by atoms with Gasteiger partial charge in [-0.3, -0.25) is 10.1 Å². The largest absolute Gasteiger partial charge is 0.334 e. The minimum absolute atomic E-state index is 0.0440. The zero-order valence-electron chi connectivity index (χ0n) is 11.5. The van der Waals surface area contributed by atoms with Gasteiger partial charge in [0.25, 0.3) is 11.6 Å². The lowest BCUT2D eigenvalue weighted by molar-refractivity contribution is -0.384. The zero-order chi connectivity index (χ0) is 15.6. The van der Waals surface area contributed by atoms with E-state index in [0.717, 1.165) is 0 Å². The van der Waals surface area contributed by atoms with E-state index in [1.54, 1.807) is 0 Å². The number of benzene rings is 1. The van der Waals surface area contributed by atoms with Crippen LogP contribution in [0.4, 0.5) is 5.69 Å². The van der Waals surface area contributed by atoms with Crippen LogP contribution in [-0.4, -0.2) is 40.6 Å². The van der Waals surface area contributed by atoms with Crippen molar-refractivity contribution in [3.05, 3.63) is 39.2 Å². The molecule has 1 unspecified atom stereocenters. The van der Waals surface area contributed by atoms with Gasteiger partial charge in [0.2, 0.25) is 0 Å². The van der Waals surface area contributed by atoms with Crippen LogP contribution in [0.2, 0.25) is 5.02 Å². The van der Waals surface area contributed by atoms with Crippen molar-refractivity contribution in [1.29, 1.82) is 0 Å². The topological polar surface area (TPSA) is 111 Å². The second-order valence-electron chi connectivity index (χ2n) is 4.75. The Morgan fingerprint density at radius 3 is 2.86 bits per heavy atom. The summed E-state index contributed by atoms with van der Waals surface area (Å²) in [5.74, 6) is 0.338. The number of hydrogen-bond donors (Lipinski definition) is 1. The molecule has 112 valence electrons. The molecule has 0 saturated carbocycles. The third-order valence-electron chi connectivity index (χ3n) is 2.72. The monoisotopic (exact) mass is 311 g/mol. The Kier molecular flexibility index (Phi) is 4.51. The summed E-state index contributed by atoms with van der Waals surface area (Å²) in [5, 5.41) is 15.1. The van der Waals surface area contributed by atoms with Crippen LogP contribution in [0.25, 0.3) is 11.5 Å². The van der Waals surface area contributed by atoms with Gasteiger partial charge in [0.05, 0.1) is 11.0 Å². The molecule has 2 aromatic rings. The molecular formula is C12H14ClN5O3. The first-order valence-corrected chi connectivity index (χ1v) is 6.44. The fourth-order valence-corrected chi connectivity index (χ4v) is 1.97. The highest BCUT2D eigenvalue weighted by molar-refractivity contribution is 6.30. The van der Waals surface area contributed by atoms with E-state index in [4.69, 9.17) is 21.9 Å². The first-order chi connectivity index (χ1) is 9.88. The number of hydrogen-bond acceptors (Lipinski definition) is 7. The normalized spacial score (nSPS) is 12.6. The summed E-state index contributed by atoms with van der Waals surface area (Å²) >= 11 is 5.76. The Morgan fingerprint density at radius 2 is 2.24 bits per heavy atom. The van der Waals surface area contributed by atoms with Gasteiger partial charge < -0.3 is 15.2 Å². The highest BCUT2D eigenvalue weighted by atomic mass is 35.5.